The minimum Gasteiger partial charge on any atom is -0.123 e. The summed E-state index contributed by atoms with van der Waals surface area (Å²) in [4.78, 5) is 0. The number of hydrogen-bond acceptors (Lipinski definition) is 0. The van der Waals surface area contributed by atoms with Crippen LogP contribution in [0.4, 0.5) is 0 Å². The van der Waals surface area contributed by atoms with Gasteiger partial charge in [0, 0.05) is 16.1 Å². The van der Waals surface area contributed by atoms with E-state index in [2.05, 4.69) is 26.0 Å². The standard InChI is InChI=1S/C15H27Cl3/c1-3-5-7-8-10-14(17)12-15(18)11-13(16)9-6-4-2/h7-8,13-15H,3-6,9-12H2,1-2H3/b8-7+. The second kappa shape index (κ2) is 12.6. The van der Waals surface area contributed by atoms with Crippen LogP contribution >= 0.6 is 34.8 Å². The molecule has 0 aliphatic rings. The zero-order valence-electron chi connectivity index (χ0n) is 11.7. The smallest absolute Gasteiger partial charge is 0.0384 e. The summed E-state index contributed by atoms with van der Waals surface area (Å²) in [6, 6.07) is 0. The van der Waals surface area contributed by atoms with E-state index in [0.29, 0.717) is 0 Å². The third-order valence-electron chi connectivity index (χ3n) is 2.91. The lowest BCUT2D eigenvalue weighted by atomic mass is 10.1. The van der Waals surface area contributed by atoms with Crippen molar-refractivity contribution in [3.63, 3.8) is 0 Å². The zero-order chi connectivity index (χ0) is 13.8. The van der Waals surface area contributed by atoms with Crippen molar-refractivity contribution in [3.05, 3.63) is 12.2 Å². The molecule has 0 amide bonds. The molecule has 0 radical (unpaired) electrons. The summed E-state index contributed by atoms with van der Waals surface area (Å²) in [5.74, 6) is 0. The second-order valence-corrected chi connectivity index (χ2v) is 6.75. The number of unbranched alkanes of at least 4 members (excludes halogenated alkanes) is 2. The Morgan fingerprint density at radius 3 is 2.11 bits per heavy atom. The Kier molecular flexibility index (Phi) is 13.1. The summed E-state index contributed by atoms with van der Waals surface area (Å²) in [5, 5.41) is 0.439. The van der Waals surface area contributed by atoms with Gasteiger partial charge in [-0.1, -0.05) is 45.3 Å². The fourth-order valence-corrected chi connectivity index (χ4v) is 3.12. The van der Waals surface area contributed by atoms with E-state index in [-0.39, 0.29) is 16.1 Å². The molecular formula is C15H27Cl3. The Bertz CT molecular complexity index is 204. The van der Waals surface area contributed by atoms with Crippen LogP contribution in [0.15, 0.2) is 12.2 Å². The van der Waals surface area contributed by atoms with Crippen molar-refractivity contribution in [1.29, 1.82) is 0 Å². The highest BCUT2D eigenvalue weighted by atomic mass is 35.5. The van der Waals surface area contributed by atoms with E-state index in [9.17, 15) is 0 Å². The number of allylic oxidation sites excluding steroid dienone is 2. The van der Waals surface area contributed by atoms with Crippen LogP contribution in [0.25, 0.3) is 0 Å². The van der Waals surface area contributed by atoms with Crippen LogP contribution in [0, 0.1) is 0 Å². The second-order valence-electron chi connectivity index (χ2n) is 4.90. The van der Waals surface area contributed by atoms with Gasteiger partial charge in [-0.25, -0.2) is 0 Å². The van der Waals surface area contributed by atoms with E-state index in [0.717, 1.165) is 32.1 Å². The van der Waals surface area contributed by atoms with Gasteiger partial charge in [-0.05, 0) is 32.1 Å². The van der Waals surface area contributed by atoms with Crippen molar-refractivity contribution >= 4 is 34.8 Å². The fraction of sp³-hybridized carbons (Fsp3) is 0.867. The molecule has 0 N–H and O–H groups in total. The zero-order valence-corrected chi connectivity index (χ0v) is 13.9. The van der Waals surface area contributed by atoms with Crippen molar-refractivity contribution in [2.45, 2.75) is 81.3 Å². The first-order chi connectivity index (χ1) is 8.60. The molecule has 0 nitrogen and oxygen atoms in total. The molecule has 3 atom stereocenters. The molecule has 0 aromatic carbocycles. The minimum atomic E-state index is 0.103. The van der Waals surface area contributed by atoms with Crippen molar-refractivity contribution in [1.82, 2.24) is 0 Å². The van der Waals surface area contributed by atoms with E-state index in [1.807, 2.05) is 0 Å². The maximum Gasteiger partial charge on any atom is 0.0384 e. The monoisotopic (exact) mass is 312 g/mol. The first kappa shape index (κ1) is 18.6. The van der Waals surface area contributed by atoms with Gasteiger partial charge in [0.2, 0.25) is 0 Å². The lowest BCUT2D eigenvalue weighted by Gasteiger charge is -2.16. The molecule has 18 heavy (non-hydrogen) atoms. The third-order valence-corrected chi connectivity index (χ3v) is 4.02. The quantitative estimate of drug-likeness (QED) is 0.300. The van der Waals surface area contributed by atoms with Crippen LogP contribution in [-0.4, -0.2) is 16.1 Å². The van der Waals surface area contributed by atoms with Crippen molar-refractivity contribution in [2.24, 2.45) is 0 Å². The fourth-order valence-electron chi connectivity index (χ4n) is 1.82. The van der Waals surface area contributed by atoms with Crippen molar-refractivity contribution in [3.8, 4) is 0 Å². The van der Waals surface area contributed by atoms with Gasteiger partial charge in [0.05, 0.1) is 0 Å². The lowest BCUT2D eigenvalue weighted by molar-refractivity contribution is 0.592. The Labute approximate surface area is 128 Å². The summed E-state index contributed by atoms with van der Waals surface area (Å²) in [5.41, 5.74) is 0. The number of hydrogen-bond donors (Lipinski definition) is 0. The van der Waals surface area contributed by atoms with E-state index in [4.69, 9.17) is 34.8 Å². The highest BCUT2D eigenvalue weighted by Gasteiger charge is 2.15. The van der Waals surface area contributed by atoms with E-state index in [1.54, 1.807) is 0 Å². The predicted molar refractivity (Wildman–Crippen MR) is 86.3 cm³/mol. The summed E-state index contributed by atoms with van der Waals surface area (Å²) in [7, 11) is 0. The highest BCUT2D eigenvalue weighted by Crippen LogP contribution is 2.23. The van der Waals surface area contributed by atoms with Gasteiger partial charge in [-0.3, -0.25) is 0 Å². The van der Waals surface area contributed by atoms with Gasteiger partial charge >= 0.3 is 0 Å². The Balaban J connectivity index is 3.68. The molecule has 0 aromatic heterocycles. The Morgan fingerprint density at radius 1 is 0.833 bits per heavy atom. The number of rotatable bonds is 11. The minimum absolute atomic E-state index is 0.103. The topological polar surface area (TPSA) is 0 Å². The van der Waals surface area contributed by atoms with Gasteiger partial charge in [0.15, 0.2) is 0 Å². The molecule has 0 heterocycles. The van der Waals surface area contributed by atoms with Crippen LogP contribution in [0.3, 0.4) is 0 Å². The van der Waals surface area contributed by atoms with Gasteiger partial charge in [0.25, 0.3) is 0 Å². The van der Waals surface area contributed by atoms with Crippen LogP contribution < -0.4 is 0 Å². The average Bonchev–Trinajstić information content (AvgIpc) is 2.31. The molecule has 0 fully saturated rings. The summed E-state index contributed by atoms with van der Waals surface area (Å²) >= 11 is 18.8. The molecule has 0 spiro atoms. The summed E-state index contributed by atoms with van der Waals surface area (Å²) in [6.45, 7) is 4.35. The van der Waals surface area contributed by atoms with Crippen molar-refractivity contribution < 1.29 is 0 Å². The molecule has 0 saturated heterocycles. The van der Waals surface area contributed by atoms with E-state index < -0.39 is 0 Å². The van der Waals surface area contributed by atoms with Crippen LogP contribution in [0.1, 0.15) is 65.2 Å². The normalized spacial score (nSPS) is 16.9. The lowest BCUT2D eigenvalue weighted by Crippen LogP contribution is -2.13. The number of alkyl halides is 3. The summed E-state index contributed by atoms with van der Waals surface area (Å²) < 4.78 is 0. The van der Waals surface area contributed by atoms with Gasteiger partial charge in [0.1, 0.15) is 0 Å². The van der Waals surface area contributed by atoms with Gasteiger partial charge in [-0.2, -0.15) is 0 Å². The highest BCUT2D eigenvalue weighted by molar-refractivity contribution is 6.25. The third kappa shape index (κ3) is 11.7. The van der Waals surface area contributed by atoms with Crippen LogP contribution in [0.5, 0.6) is 0 Å². The molecule has 3 heteroatoms. The van der Waals surface area contributed by atoms with Crippen molar-refractivity contribution in [2.75, 3.05) is 0 Å². The van der Waals surface area contributed by atoms with E-state index >= 15 is 0 Å². The molecule has 0 saturated carbocycles. The largest absolute Gasteiger partial charge is 0.123 e. The molecule has 0 bridgehead atoms. The SMILES string of the molecule is CCC/C=C/CC(Cl)CC(Cl)CC(Cl)CCCC. The summed E-state index contributed by atoms with van der Waals surface area (Å²) in [6.07, 6.45) is 12.7. The maximum atomic E-state index is 6.30. The average molecular weight is 314 g/mol. The van der Waals surface area contributed by atoms with E-state index in [1.165, 1.54) is 19.3 Å². The predicted octanol–water partition coefficient (Wildman–Crippen LogP) is 6.53. The molecular weight excluding hydrogens is 287 g/mol. The Morgan fingerprint density at radius 2 is 1.50 bits per heavy atom. The number of halogens is 3. The van der Waals surface area contributed by atoms with Crippen LogP contribution in [-0.2, 0) is 0 Å². The molecule has 0 aliphatic heterocycles. The molecule has 0 aliphatic carbocycles. The molecule has 0 aromatic rings. The molecule has 108 valence electrons. The van der Waals surface area contributed by atoms with Crippen LogP contribution in [0.2, 0.25) is 0 Å². The molecule has 0 rings (SSSR count). The first-order valence-corrected chi connectivity index (χ1v) is 8.48. The molecule has 3 unspecified atom stereocenters. The first-order valence-electron chi connectivity index (χ1n) is 7.17. The maximum absolute atomic E-state index is 6.30. The van der Waals surface area contributed by atoms with Gasteiger partial charge in [-0.15, -0.1) is 34.8 Å². The van der Waals surface area contributed by atoms with Gasteiger partial charge < -0.3 is 0 Å². The Hall–Kier alpha value is 0.610.